The van der Waals surface area contributed by atoms with Gasteiger partial charge in [-0.1, -0.05) is 27.2 Å². The molecule has 3 nitrogen and oxygen atoms in total. The molecule has 1 aliphatic rings. The van der Waals surface area contributed by atoms with Crippen molar-refractivity contribution in [2.45, 2.75) is 39.7 Å². The molecule has 3 heteroatoms. The normalized spacial score (nSPS) is 21.6. The van der Waals surface area contributed by atoms with Gasteiger partial charge in [0, 0.05) is 38.8 Å². The molecule has 1 heterocycles. The second-order valence-corrected chi connectivity index (χ2v) is 5.41. The molecule has 0 aliphatic carbocycles. The van der Waals surface area contributed by atoms with Crippen LogP contribution in [0.1, 0.15) is 33.6 Å². The number of hydrogen-bond donors (Lipinski definition) is 2. The molecular weight excluding hydrogens is 186 g/mol. The highest BCUT2D eigenvalue weighted by molar-refractivity contribution is 4.85. The lowest BCUT2D eigenvalue weighted by Gasteiger charge is -2.38. The van der Waals surface area contributed by atoms with Gasteiger partial charge < -0.3 is 16.0 Å². The van der Waals surface area contributed by atoms with Gasteiger partial charge in [-0.25, -0.2) is 0 Å². The fraction of sp³-hybridized carbons (Fsp3) is 1.00. The molecule has 0 aromatic rings. The number of nitrogens with zero attached hydrogens (tertiary/aromatic N) is 1. The van der Waals surface area contributed by atoms with Crippen molar-refractivity contribution in [1.82, 2.24) is 10.2 Å². The highest BCUT2D eigenvalue weighted by Crippen LogP contribution is 2.23. The molecule has 90 valence electrons. The highest BCUT2D eigenvalue weighted by Gasteiger charge is 2.28. The summed E-state index contributed by atoms with van der Waals surface area (Å²) in [7, 11) is 0. The summed E-state index contributed by atoms with van der Waals surface area (Å²) in [6, 6.07) is 0.331. The smallest absolute Gasteiger partial charge is 0.0108 e. The summed E-state index contributed by atoms with van der Waals surface area (Å²) in [5.41, 5.74) is 6.48. The number of nitrogens with two attached hydrogens (primary N) is 1. The summed E-state index contributed by atoms with van der Waals surface area (Å²) in [6.45, 7) is 12.5. The third kappa shape index (κ3) is 4.09. The van der Waals surface area contributed by atoms with Crippen LogP contribution in [0.15, 0.2) is 0 Å². The molecular formula is C12H27N3. The van der Waals surface area contributed by atoms with Crippen LogP contribution in [0.5, 0.6) is 0 Å². The van der Waals surface area contributed by atoms with E-state index in [1.54, 1.807) is 0 Å². The van der Waals surface area contributed by atoms with Gasteiger partial charge in [-0.2, -0.15) is 0 Å². The van der Waals surface area contributed by atoms with Crippen LogP contribution in [-0.2, 0) is 0 Å². The first kappa shape index (κ1) is 12.9. The lowest BCUT2D eigenvalue weighted by molar-refractivity contribution is 0.135. The minimum atomic E-state index is 0.243. The molecule has 0 bridgehead atoms. The number of hydrogen-bond acceptors (Lipinski definition) is 3. The predicted octanol–water partition coefficient (Wildman–Crippen LogP) is 1.05. The molecule has 1 unspecified atom stereocenters. The van der Waals surface area contributed by atoms with Gasteiger partial charge in [0.25, 0.3) is 0 Å². The third-order valence-electron chi connectivity index (χ3n) is 3.44. The van der Waals surface area contributed by atoms with E-state index in [1.165, 1.54) is 19.5 Å². The first-order chi connectivity index (χ1) is 7.06. The second kappa shape index (κ2) is 5.83. The Labute approximate surface area is 94.4 Å². The fourth-order valence-corrected chi connectivity index (χ4v) is 2.26. The summed E-state index contributed by atoms with van der Waals surface area (Å²) < 4.78 is 0. The molecule has 1 fully saturated rings. The van der Waals surface area contributed by atoms with E-state index in [0.717, 1.165) is 26.1 Å². The number of piperazine rings is 1. The van der Waals surface area contributed by atoms with Gasteiger partial charge in [0.05, 0.1) is 0 Å². The summed E-state index contributed by atoms with van der Waals surface area (Å²) in [4.78, 5) is 2.53. The Bertz CT molecular complexity index is 174. The second-order valence-electron chi connectivity index (χ2n) is 5.41. The standard InChI is InChI=1S/C12H27N3/c1-4-5-11(13)12(2,3)10-15-8-6-14-7-9-15/h11,14H,4-10,13H2,1-3H3. The van der Waals surface area contributed by atoms with Crippen LogP contribution in [0.3, 0.4) is 0 Å². The van der Waals surface area contributed by atoms with E-state index in [2.05, 4.69) is 31.0 Å². The monoisotopic (exact) mass is 213 g/mol. The zero-order chi connectivity index (χ0) is 11.3. The molecule has 0 spiro atoms. The van der Waals surface area contributed by atoms with Gasteiger partial charge >= 0.3 is 0 Å². The average Bonchev–Trinajstić information content (AvgIpc) is 2.19. The van der Waals surface area contributed by atoms with Crippen molar-refractivity contribution < 1.29 is 0 Å². The Hall–Kier alpha value is -0.120. The molecule has 1 atom stereocenters. The van der Waals surface area contributed by atoms with Crippen LogP contribution in [0.4, 0.5) is 0 Å². The molecule has 0 amide bonds. The van der Waals surface area contributed by atoms with E-state index in [-0.39, 0.29) is 5.41 Å². The summed E-state index contributed by atoms with van der Waals surface area (Å²) >= 11 is 0. The first-order valence-electron chi connectivity index (χ1n) is 6.25. The van der Waals surface area contributed by atoms with Crippen molar-refractivity contribution in [2.75, 3.05) is 32.7 Å². The van der Waals surface area contributed by atoms with Gasteiger partial charge in [-0.3, -0.25) is 0 Å². The van der Waals surface area contributed by atoms with E-state index in [0.29, 0.717) is 6.04 Å². The van der Waals surface area contributed by atoms with Gasteiger partial charge in [0.15, 0.2) is 0 Å². The Morgan fingerprint density at radius 2 is 1.93 bits per heavy atom. The first-order valence-corrected chi connectivity index (χ1v) is 6.25. The van der Waals surface area contributed by atoms with E-state index >= 15 is 0 Å². The van der Waals surface area contributed by atoms with Crippen LogP contribution in [0.25, 0.3) is 0 Å². The molecule has 0 saturated carbocycles. The molecule has 15 heavy (non-hydrogen) atoms. The highest BCUT2D eigenvalue weighted by atomic mass is 15.2. The van der Waals surface area contributed by atoms with Gasteiger partial charge in [-0.15, -0.1) is 0 Å². The summed E-state index contributed by atoms with van der Waals surface area (Å²) in [5, 5.41) is 3.38. The Kier molecular flexibility index (Phi) is 5.03. The van der Waals surface area contributed by atoms with Crippen LogP contribution in [0, 0.1) is 5.41 Å². The zero-order valence-corrected chi connectivity index (χ0v) is 10.6. The van der Waals surface area contributed by atoms with Crippen molar-refractivity contribution in [3.05, 3.63) is 0 Å². The maximum absolute atomic E-state index is 6.24. The Morgan fingerprint density at radius 1 is 1.33 bits per heavy atom. The Morgan fingerprint density at radius 3 is 2.47 bits per heavy atom. The minimum absolute atomic E-state index is 0.243. The van der Waals surface area contributed by atoms with Crippen molar-refractivity contribution in [2.24, 2.45) is 11.1 Å². The van der Waals surface area contributed by atoms with Crippen molar-refractivity contribution in [1.29, 1.82) is 0 Å². The lowest BCUT2D eigenvalue weighted by atomic mass is 9.82. The van der Waals surface area contributed by atoms with Gasteiger partial charge in [0.2, 0.25) is 0 Å². The van der Waals surface area contributed by atoms with E-state index < -0.39 is 0 Å². The third-order valence-corrected chi connectivity index (χ3v) is 3.44. The average molecular weight is 213 g/mol. The minimum Gasteiger partial charge on any atom is -0.327 e. The molecule has 3 N–H and O–H groups in total. The maximum Gasteiger partial charge on any atom is 0.0108 e. The molecule has 1 saturated heterocycles. The van der Waals surface area contributed by atoms with Crippen LogP contribution >= 0.6 is 0 Å². The summed E-state index contributed by atoms with van der Waals surface area (Å²) in [6.07, 6.45) is 2.32. The summed E-state index contributed by atoms with van der Waals surface area (Å²) in [5.74, 6) is 0. The predicted molar refractivity (Wildman–Crippen MR) is 66.0 cm³/mol. The molecule has 1 rings (SSSR count). The topological polar surface area (TPSA) is 41.3 Å². The van der Waals surface area contributed by atoms with Gasteiger partial charge in [-0.05, 0) is 11.8 Å². The molecule has 0 aromatic carbocycles. The maximum atomic E-state index is 6.24. The van der Waals surface area contributed by atoms with Crippen molar-refractivity contribution >= 4 is 0 Å². The van der Waals surface area contributed by atoms with E-state index in [9.17, 15) is 0 Å². The van der Waals surface area contributed by atoms with Crippen molar-refractivity contribution in [3.8, 4) is 0 Å². The van der Waals surface area contributed by atoms with Crippen LogP contribution in [0.2, 0.25) is 0 Å². The zero-order valence-electron chi connectivity index (χ0n) is 10.6. The van der Waals surface area contributed by atoms with Crippen molar-refractivity contribution in [3.63, 3.8) is 0 Å². The number of rotatable bonds is 5. The van der Waals surface area contributed by atoms with E-state index in [4.69, 9.17) is 5.73 Å². The SMILES string of the molecule is CCCC(N)C(C)(C)CN1CCNCC1. The number of nitrogens with one attached hydrogen (secondary N) is 1. The molecule has 0 aromatic heterocycles. The lowest BCUT2D eigenvalue weighted by Crippen LogP contribution is -2.51. The molecule has 0 radical (unpaired) electrons. The largest absolute Gasteiger partial charge is 0.327 e. The quantitative estimate of drug-likeness (QED) is 0.717. The van der Waals surface area contributed by atoms with Crippen LogP contribution in [-0.4, -0.2) is 43.7 Å². The van der Waals surface area contributed by atoms with Gasteiger partial charge in [0.1, 0.15) is 0 Å². The fourth-order valence-electron chi connectivity index (χ4n) is 2.26. The Balaban J connectivity index is 2.39. The van der Waals surface area contributed by atoms with E-state index in [1.807, 2.05) is 0 Å². The molecule has 1 aliphatic heterocycles. The van der Waals surface area contributed by atoms with Crippen LogP contribution < -0.4 is 11.1 Å².